The zero-order valence-electron chi connectivity index (χ0n) is 10.8. The number of hydrogen-bond donors (Lipinski definition) is 1. The summed E-state index contributed by atoms with van der Waals surface area (Å²) in [5.74, 6) is 0.603. The zero-order chi connectivity index (χ0) is 13.1. The summed E-state index contributed by atoms with van der Waals surface area (Å²) in [6, 6.07) is 1.41. The van der Waals surface area contributed by atoms with Gasteiger partial charge in [-0.2, -0.15) is 0 Å². The van der Waals surface area contributed by atoms with Crippen LogP contribution in [0.25, 0.3) is 0 Å². The molecule has 2 rings (SSSR count). The molecule has 5 heteroatoms. The molecule has 0 saturated heterocycles. The number of nitrogens with one attached hydrogen (secondary N) is 1. The summed E-state index contributed by atoms with van der Waals surface area (Å²) in [6.07, 6.45) is 4.70. The lowest BCUT2D eigenvalue weighted by Gasteiger charge is -2.18. The smallest absolute Gasteiger partial charge is 0.141 e. The van der Waals surface area contributed by atoms with E-state index in [-0.39, 0.29) is 11.9 Å². The molecule has 1 atom stereocenters. The van der Waals surface area contributed by atoms with Gasteiger partial charge in [-0.3, -0.25) is 4.98 Å². The predicted octanol–water partition coefficient (Wildman–Crippen LogP) is 1.96. The van der Waals surface area contributed by atoms with Gasteiger partial charge in [-0.1, -0.05) is 6.92 Å². The van der Waals surface area contributed by atoms with Gasteiger partial charge in [0.2, 0.25) is 0 Å². The standard InChI is InChI=1S/C13H17FN4/c1-4-16-13(10-5-11(14)7-15-6-10)12-8-17-9(2)18(12)3/h5-8,13,16H,4H2,1-3H3. The molecule has 0 spiro atoms. The third-order valence-electron chi connectivity index (χ3n) is 3.02. The SMILES string of the molecule is CCNC(c1cncc(F)c1)c1cnc(C)n1C. The number of aryl methyl sites for hydroxylation is 1. The highest BCUT2D eigenvalue weighted by Crippen LogP contribution is 2.22. The van der Waals surface area contributed by atoms with E-state index in [9.17, 15) is 4.39 Å². The Morgan fingerprint density at radius 1 is 1.39 bits per heavy atom. The number of imidazole rings is 1. The van der Waals surface area contributed by atoms with Crippen LogP contribution in [0.1, 0.15) is 30.0 Å². The van der Waals surface area contributed by atoms with E-state index in [1.807, 2.05) is 31.7 Å². The molecule has 0 bridgehead atoms. The summed E-state index contributed by atoms with van der Waals surface area (Å²) >= 11 is 0. The van der Waals surface area contributed by atoms with Crippen molar-refractivity contribution in [3.63, 3.8) is 0 Å². The van der Waals surface area contributed by atoms with Gasteiger partial charge in [0.05, 0.1) is 24.1 Å². The highest BCUT2D eigenvalue weighted by atomic mass is 19.1. The van der Waals surface area contributed by atoms with Gasteiger partial charge >= 0.3 is 0 Å². The van der Waals surface area contributed by atoms with Crippen LogP contribution in [0.4, 0.5) is 4.39 Å². The van der Waals surface area contributed by atoms with Crippen LogP contribution >= 0.6 is 0 Å². The molecule has 2 aromatic rings. The lowest BCUT2D eigenvalue weighted by molar-refractivity contribution is 0.574. The van der Waals surface area contributed by atoms with E-state index in [1.165, 1.54) is 12.3 Å². The molecule has 96 valence electrons. The molecule has 0 aliphatic rings. The largest absolute Gasteiger partial charge is 0.334 e. The first-order valence-corrected chi connectivity index (χ1v) is 5.95. The van der Waals surface area contributed by atoms with Gasteiger partial charge in [-0.05, 0) is 25.1 Å². The summed E-state index contributed by atoms with van der Waals surface area (Å²) in [6.45, 7) is 4.74. The molecule has 0 aromatic carbocycles. The highest BCUT2D eigenvalue weighted by molar-refractivity contribution is 5.25. The van der Waals surface area contributed by atoms with E-state index in [4.69, 9.17) is 0 Å². The van der Waals surface area contributed by atoms with Crippen molar-refractivity contribution in [1.29, 1.82) is 0 Å². The number of aromatic nitrogens is 3. The molecule has 0 aliphatic carbocycles. The molecule has 0 fully saturated rings. The molecular weight excluding hydrogens is 231 g/mol. The summed E-state index contributed by atoms with van der Waals surface area (Å²) < 4.78 is 15.3. The van der Waals surface area contributed by atoms with E-state index in [1.54, 1.807) is 6.20 Å². The Balaban J connectivity index is 2.43. The molecule has 1 N–H and O–H groups in total. The minimum Gasteiger partial charge on any atom is -0.334 e. The van der Waals surface area contributed by atoms with Crippen molar-refractivity contribution in [3.8, 4) is 0 Å². The van der Waals surface area contributed by atoms with E-state index in [0.717, 1.165) is 23.6 Å². The van der Waals surface area contributed by atoms with Crippen LogP contribution in [0.2, 0.25) is 0 Å². The Bertz CT molecular complexity index is 536. The Morgan fingerprint density at radius 2 is 2.17 bits per heavy atom. The van der Waals surface area contributed by atoms with Crippen molar-refractivity contribution >= 4 is 0 Å². The third kappa shape index (κ3) is 2.41. The lowest BCUT2D eigenvalue weighted by Crippen LogP contribution is -2.24. The fourth-order valence-electron chi connectivity index (χ4n) is 1.97. The van der Waals surface area contributed by atoms with Gasteiger partial charge in [0.25, 0.3) is 0 Å². The molecule has 2 aromatic heterocycles. The minimum atomic E-state index is -0.325. The van der Waals surface area contributed by atoms with Crippen LogP contribution in [-0.2, 0) is 7.05 Å². The fourth-order valence-corrected chi connectivity index (χ4v) is 1.97. The average molecular weight is 248 g/mol. The van der Waals surface area contributed by atoms with E-state index < -0.39 is 0 Å². The Kier molecular flexibility index (Phi) is 3.72. The molecule has 1 unspecified atom stereocenters. The molecule has 0 aliphatic heterocycles. The molecule has 4 nitrogen and oxygen atoms in total. The summed E-state index contributed by atoms with van der Waals surface area (Å²) in [5.41, 5.74) is 1.81. The fraction of sp³-hybridized carbons (Fsp3) is 0.385. The number of nitrogens with zero attached hydrogens (tertiary/aromatic N) is 3. The van der Waals surface area contributed by atoms with E-state index in [0.29, 0.717) is 0 Å². The first-order chi connectivity index (χ1) is 8.63. The van der Waals surface area contributed by atoms with E-state index >= 15 is 0 Å². The van der Waals surface area contributed by atoms with Crippen molar-refractivity contribution in [2.24, 2.45) is 7.05 Å². The molecule has 2 heterocycles. The maximum absolute atomic E-state index is 13.3. The maximum atomic E-state index is 13.3. The van der Waals surface area contributed by atoms with Gasteiger partial charge < -0.3 is 9.88 Å². The van der Waals surface area contributed by atoms with Crippen LogP contribution in [-0.4, -0.2) is 21.1 Å². The molecule has 0 amide bonds. The lowest BCUT2D eigenvalue weighted by atomic mass is 10.1. The van der Waals surface area contributed by atoms with Crippen molar-refractivity contribution in [1.82, 2.24) is 19.9 Å². The van der Waals surface area contributed by atoms with Gasteiger partial charge in [-0.15, -0.1) is 0 Å². The van der Waals surface area contributed by atoms with Gasteiger partial charge in [0.1, 0.15) is 11.6 Å². The second-order valence-corrected chi connectivity index (χ2v) is 4.22. The summed E-state index contributed by atoms with van der Waals surface area (Å²) in [5, 5.41) is 3.33. The topological polar surface area (TPSA) is 42.7 Å². The minimum absolute atomic E-state index is 0.0931. The number of hydrogen-bond acceptors (Lipinski definition) is 3. The third-order valence-corrected chi connectivity index (χ3v) is 3.02. The average Bonchev–Trinajstić information content (AvgIpc) is 2.67. The first kappa shape index (κ1) is 12.7. The predicted molar refractivity (Wildman–Crippen MR) is 67.7 cm³/mol. The van der Waals surface area contributed by atoms with Gasteiger partial charge in [-0.25, -0.2) is 9.37 Å². The molecule has 0 saturated carbocycles. The second-order valence-electron chi connectivity index (χ2n) is 4.22. The van der Waals surface area contributed by atoms with Crippen molar-refractivity contribution in [2.45, 2.75) is 19.9 Å². The van der Waals surface area contributed by atoms with E-state index in [2.05, 4.69) is 15.3 Å². The molecule has 0 radical (unpaired) electrons. The van der Waals surface area contributed by atoms with Crippen molar-refractivity contribution < 1.29 is 4.39 Å². The summed E-state index contributed by atoms with van der Waals surface area (Å²) in [4.78, 5) is 8.18. The summed E-state index contributed by atoms with van der Waals surface area (Å²) in [7, 11) is 1.95. The van der Waals surface area contributed by atoms with Crippen LogP contribution < -0.4 is 5.32 Å². The number of rotatable bonds is 4. The zero-order valence-corrected chi connectivity index (χ0v) is 10.8. The van der Waals surface area contributed by atoms with Crippen LogP contribution in [0, 0.1) is 12.7 Å². The quantitative estimate of drug-likeness (QED) is 0.899. The monoisotopic (exact) mass is 248 g/mol. The van der Waals surface area contributed by atoms with Gasteiger partial charge in [0.15, 0.2) is 0 Å². The Hall–Kier alpha value is -1.75. The second kappa shape index (κ2) is 5.27. The normalized spacial score (nSPS) is 12.7. The number of pyridine rings is 1. The molecular formula is C13H17FN4. The van der Waals surface area contributed by atoms with Crippen molar-refractivity contribution in [3.05, 3.63) is 47.6 Å². The maximum Gasteiger partial charge on any atom is 0.141 e. The highest BCUT2D eigenvalue weighted by Gasteiger charge is 2.18. The van der Waals surface area contributed by atoms with Gasteiger partial charge in [0, 0.05) is 13.2 Å². The first-order valence-electron chi connectivity index (χ1n) is 5.95. The van der Waals surface area contributed by atoms with Crippen LogP contribution in [0.15, 0.2) is 24.7 Å². The Morgan fingerprint density at radius 3 is 2.72 bits per heavy atom. The molecule has 18 heavy (non-hydrogen) atoms. The van der Waals surface area contributed by atoms with Crippen LogP contribution in [0.5, 0.6) is 0 Å². The van der Waals surface area contributed by atoms with Crippen LogP contribution in [0.3, 0.4) is 0 Å². The Labute approximate surface area is 106 Å². The van der Waals surface area contributed by atoms with Crippen molar-refractivity contribution in [2.75, 3.05) is 6.54 Å². The number of halogens is 1.